The van der Waals surface area contributed by atoms with E-state index in [0.29, 0.717) is 11.7 Å². The Bertz CT molecular complexity index is 363. The summed E-state index contributed by atoms with van der Waals surface area (Å²) < 4.78 is 0. The molecule has 1 rings (SSSR count). The smallest absolute Gasteiger partial charge is 0.230 e. The Labute approximate surface area is 114 Å². The highest BCUT2D eigenvalue weighted by molar-refractivity contribution is 8.00. The van der Waals surface area contributed by atoms with E-state index in [9.17, 15) is 4.79 Å². The average Bonchev–Trinajstić information content (AvgIpc) is 2.36. The van der Waals surface area contributed by atoms with Crippen LogP contribution in [0.3, 0.4) is 0 Å². The zero-order valence-corrected chi connectivity index (χ0v) is 12.1. The van der Waals surface area contributed by atoms with E-state index >= 15 is 0 Å². The molecule has 0 bridgehead atoms. The third kappa shape index (κ3) is 6.07. The fourth-order valence-corrected chi connectivity index (χ4v) is 2.15. The number of rotatable bonds is 7. The minimum Gasteiger partial charge on any atom is -0.355 e. The van der Waals surface area contributed by atoms with Crippen LogP contribution in [0.4, 0.5) is 0 Å². The zero-order valence-electron chi connectivity index (χ0n) is 11.3. The van der Waals surface area contributed by atoms with E-state index in [1.54, 1.807) is 11.8 Å². The molecule has 0 atom stereocenters. The van der Waals surface area contributed by atoms with Crippen LogP contribution >= 0.6 is 11.8 Å². The van der Waals surface area contributed by atoms with Crippen molar-refractivity contribution < 1.29 is 4.79 Å². The van der Waals surface area contributed by atoms with Gasteiger partial charge in [-0.1, -0.05) is 26.0 Å². The Hall–Kier alpha value is -1.00. The Kier molecular flexibility index (Phi) is 6.83. The third-order valence-corrected chi connectivity index (χ3v) is 3.39. The standard InChI is InChI=1S/C14H22N2OS/c1-11(2)8-16-14(17)10-18-13-6-4-12(5-7-13)9-15-3/h4-7,11,15H,8-10H2,1-3H3,(H,16,17). The van der Waals surface area contributed by atoms with E-state index in [4.69, 9.17) is 0 Å². The molecule has 0 fully saturated rings. The van der Waals surface area contributed by atoms with Gasteiger partial charge in [0.1, 0.15) is 0 Å². The maximum Gasteiger partial charge on any atom is 0.230 e. The monoisotopic (exact) mass is 266 g/mol. The maximum atomic E-state index is 11.5. The fourth-order valence-electron chi connectivity index (χ4n) is 1.43. The number of benzene rings is 1. The number of hydrogen-bond donors (Lipinski definition) is 2. The molecule has 1 aromatic carbocycles. The number of nitrogens with one attached hydrogen (secondary N) is 2. The van der Waals surface area contributed by atoms with Gasteiger partial charge in [-0.3, -0.25) is 4.79 Å². The summed E-state index contributed by atoms with van der Waals surface area (Å²) >= 11 is 1.57. The second-order valence-corrected chi connectivity index (χ2v) is 5.71. The fraction of sp³-hybridized carbons (Fsp3) is 0.500. The molecule has 0 aliphatic carbocycles. The highest BCUT2D eigenvalue weighted by atomic mass is 32.2. The van der Waals surface area contributed by atoms with Crippen molar-refractivity contribution in [1.29, 1.82) is 0 Å². The van der Waals surface area contributed by atoms with E-state index in [2.05, 4.69) is 48.7 Å². The predicted molar refractivity (Wildman–Crippen MR) is 77.8 cm³/mol. The van der Waals surface area contributed by atoms with Crippen LogP contribution in [0.25, 0.3) is 0 Å². The summed E-state index contributed by atoms with van der Waals surface area (Å²) in [7, 11) is 1.93. The van der Waals surface area contributed by atoms with Gasteiger partial charge in [0.25, 0.3) is 0 Å². The molecule has 100 valence electrons. The summed E-state index contributed by atoms with van der Waals surface area (Å²) in [4.78, 5) is 12.7. The summed E-state index contributed by atoms with van der Waals surface area (Å²) in [6.07, 6.45) is 0. The number of carbonyl (C=O) groups excluding carboxylic acids is 1. The summed E-state index contributed by atoms with van der Waals surface area (Å²) in [6, 6.07) is 8.30. The molecule has 2 N–H and O–H groups in total. The minimum absolute atomic E-state index is 0.105. The molecular formula is C14H22N2OS. The van der Waals surface area contributed by atoms with Crippen LogP contribution in [-0.4, -0.2) is 25.3 Å². The van der Waals surface area contributed by atoms with E-state index in [1.165, 1.54) is 5.56 Å². The summed E-state index contributed by atoms with van der Waals surface area (Å²) in [6.45, 7) is 5.81. The van der Waals surface area contributed by atoms with Gasteiger partial charge in [-0.25, -0.2) is 0 Å². The maximum absolute atomic E-state index is 11.5. The molecule has 1 amide bonds. The van der Waals surface area contributed by atoms with Gasteiger partial charge in [0.15, 0.2) is 0 Å². The van der Waals surface area contributed by atoms with E-state index in [0.717, 1.165) is 18.0 Å². The molecule has 1 aromatic rings. The summed E-state index contributed by atoms with van der Waals surface area (Å²) in [5, 5.41) is 6.02. The molecule has 0 heterocycles. The van der Waals surface area contributed by atoms with E-state index in [-0.39, 0.29) is 5.91 Å². The van der Waals surface area contributed by atoms with E-state index in [1.807, 2.05) is 7.05 Å². The average molecular weight is 266 g/mol. The minimum atomic E-state index is 0.105. The SMILES string of the molecule is CNCc1ccc(SCC(=O)NCC(C)C)cc1. The van der Waals surface area contributed by atoms with Crippen molar-refractivity contribution in [3.8, 4) is 0 Å². The van der Waals surface area contributed by atoms with Crippen molar-refractivity contribution in [2.24, 2.45) is 5.92 Å². The summed E-state index contributed by atoms with van der Waals surface area (Å²) in [5.41, 5.74) is 1.26. The van der Waals surface area contributed by atoms with Gasteiger partial charge in [-0.15, -0.1) is 11.8 Å². The Morgan fingerprint density at radius 1 is 1.28 bits per heavy atom. The topological polar surface area (TPSA) is 41.1 Å². The van der Waals surface area contributed by atoms with Crippen molar-refractivity contribution in [2.75, 3.05) is 19.3 Å². The van der Waals surface area contributed by atoms with E-state index < -0.39 is 0 Å². The number of carbonyl (C=O) groups is 1. The number of hydrogen-bond acceptors (Lipinski definition) is 3. The lowest BCUT2D eigenvalue weighted by Gasteiger charge is -2.07. The zero-order chi connectivity index (χ0) is 13.4. The van der Waals surface area contributed by atoms with Crippen LogP contribution < -0.4 is 10.6 Å². The van der Waals surface area contributed by atoms with Gasteiger partial charge < -0.3 is 10.6 Å². The van der Waals surface area contributed by atoms with Gasteiger partial charge in [-0.2, -0.15) is 0 Å². The quantitative estimate of drug-likeness (QED) is 0.744. The first-order chi connectivity index (χ1) is 8.61. The van der Waals surface area contributed by atoms with Gasteiger partial charge in [0.05, 0.1) is 5.75 Å². The molecule has 3 nitrogen and oxygen atoms in total. The Morgan fingerprint density at radius 2 is 1.94 bits per heavy atom. The first kappa shape index (κ1) is 15.1. The van der Waals surface area contributed by atoms with Gasteiger partial charge in [0.2, 0.25) is 5.91 Å². The second-order valence-electron chi connectivity index (χ2n) is 4.66. The highest BCUT2D eigenvalue weighted by Crippen LogP contribution is 2.18. The van der Waals surface area contributed by atoms with Gasteiger partial charge in [0, 0.05) is 18.0 Å². The molecule has 0 aliphatic heterocycles. The van der Waals surface area contributed by atoms with Gasteiger partial charge >= 0.3 is 0 Å². The molecule has 0 radical (unpaired) electrons. The Morgan fingerprint density at radius 3 is 2.50 bits per heavy atom. The third-order valence-electron chi connectivity index (χ3n) is 2.38. The van der Waals surface area contributed by atoms with Crippen molar-refractivity contribution in [3.63, 3.8) is 0 Å². The van der Waals surface area contributed by atoms with Crippen LogP contribution in [0.2, 0.25) is 0 Å². The molecule has 0 spiro atoms. The largest absolute Gasteiger partial charge is 0.355 e. The number of amides is 1. The van der Waals surface area contributed by atoms with Crippen LogP contribution in [0.5, 0.6) is 0 Å². The van der Waals surface area contributed by atoms with Crippen LogP contribution in [-0.2, 0) is 11.3 Å². The lowest BCUT2D eigenvalue weighted by Crippen LogP contribution is -2.28. The molecule has 0 saturated heterocycles. The predicted octanol–water partition coefficient (Wildman–Crippen LogP) is 2.27. The van der Waals surface area contributed by atoms with Crippen LogP contribution in [0.1, 0.15) is 19.4 Å². The summed E-state index contributed by atoms with van der Waals surface area (Å²) in [5.74, 6) is 1.09. The van der Waals surface area contributed by atoms with Crippen molar-refractivity contribution >= 4 is 17.7 Å². The number of thioether (sulfide) groups is 1. The molecule has 4 heteroatoms. The molecule has 18 heavy (non-hydrogen) atoms. The molecule has 0 aromatic heterocycles. The van der Waals surface area contributed by atoms with Crippen molar-refractivity contribution in [2.45, 2.75) is 25.3 Å². The normalized spacial score (nSPS) is 10.7. The van der Waals surface area contributed by atoms with Crippen molar-refractivity contribution in [3.05, 3.63) is 29.8 Å². The van der Waals surface area contributed by atoms with Crippen LogP contribution in [0.15, 0.2) is 29.2 Å². The molecular weight excluding hydrogens is 244 g/mol. The molecule has 0 saturated carbocycles. The highest BCUT2D eigenvalue weighted by Gasteiger charge is 2.03. The van der Waals surface area contributed by atoms with Crippen molar-refractivity contribution in [1.82, 2.24) is 10.6 Å². The Balaban J connectivity index is 2.32. The lowest BCUT2D eigenvalue weighted by molar-refractivity contribution is -0.118. The lowest BCUT2D eigenvalue weighted by atomic mass is 10.2. The second kappa shape index (κ2) is 8.16. The first-order valence-corrected chi connectivity index (χ1v) is 7.23. The van der Waals surface area contributed by atoms with Crippen LogP contribution in [0, 0.1) is 5.92 Å². The molecule has 0 aliphatic rings. The van der Waals surface area contributed by atoms with Gasteiger partial charge in [-0.05, 0) is 30.7 Å². The molecule has 0 unspecified atom stereocenters. The first-order valence-electron chi connectivity index (χ1n) is 6.25.